The Bertz CT molecular complexity index is 360. The number of aryl methyl sites for hydroxylation is 1. The second kappa shape index (κ2) is 6.34. The zero-order valence-corrected chi connectivity index (χ0v) is 10.7. The lowest BCUT2D eigenvalue weighted by atomic mass is 10.0. The molecule has 3 N–H and O–H groups in total. The molecule has 6 heteroatoms. The number of aromatic nitrogens is 3. The first kappa shape index (κ1) is 13.6. The van der Waals surface area contributed by atoms with Crippen LogP contribution in [0, 0.1) is 5.92 Å². The molecule has 0 bridgehead atoms. The summed E-state index contributed by atoms with van der Waals surface area (Å²) in [6, 6.07) is -0.424. The van der Waals surface area contributed by atoms with Crippen molar-refractivity contribution in [2.45, 2.75) is 32.7 Å². The summed E-state index contributed by atoms with van der Waals surface area (Å²) in [7, 11) is 1.81. The minimum absolute atomic E-state index is 0.102. The summed E-state index contributed by atoms with van der Waals surface area (Å²) in [4.78, 5) is 15.7. The third-order valence-electron chi connectivity index (χ3n) is 2.36. The van der Waals surface area contributed by atoms with Crippen LogP contribution in [0.2, 0.25) is 0 Å². The summed E-state index contributed by atoms with van der Waals surface area (Å²) < 4.78 is 1.64. The van der Waals surface area contributed by atoms with Gasteiger partial charge in [0.05, 0.1) is 6.04 Å². The second-order valence-electron chi connectivity index (χ2n) is 4.61. The minimum atomic E-state index is -0.424. The fraction of sp³-hybridized carbons (Fsp3) is 0.727. The van der Waals surface area contributed by atoms with Gasteiger partial charge in [0.1, 0.15) is 6.33 Å². The van der Waals surface area contributed by atoms with Crippen molar-refractivity contribution < 1.29 is 4.79 Å². The third-order valence-corrected chi connectivity index (χ3v) is 2.36. The van der Waals surface area contributed by atoms with Crippen molar-refractivity contribution in [2.75, 3.05) is 6.54 Å². The summed E-state index contributed by atoms with van der Waals surface area (Å²) in [5.41, 5.74) is 5.75. The van der Waals surface area contributed by atoms with Gasteiger partial charge in [0, 0.05) is 20.0 Å². The second-order valence-corrected chi connectivity index (χ2v) is 4.61. The molecular formula is C11H21N5O. The number of nitrogens with zero attached hydrogens (tertiary/aromatic N) is 3. The van der Waals surface area contributed by atoms with E-state index in [1.807, 2.05) is 20.9 Å². The topological polar surface area (TPSA) is 85.8 Å². The number of amides is 1. The fourth-order valence-corrected chi connectivity index (χ4v) is 1.54. The molecular weight excluding hydrogens is 218 g/mol. The molecule has 1 rings (SSSR count). The standard InChI is InChI=1S/C11H21N5O/c1-8(2)6-9(12)11(17)13-5-4-10-14-7-16(3)15-10/h7-9H,4-6,12H2,1-3H3,(H,13,17)/t9-/m0/s1. The van der Waals surface area contributed by atoms with Gasteiger partial charge in [0.15, 0.2) is 5.82 Å². The molecule has 6 nitrogen and oxygen atoms in total. The zero-order chi connectivity index (χ0) is 12.8. The van der Waals surface area contributed by atoms with Crippen LogP contribution in [0.4, 0.5) is 0 Å². The SMILES string of the molecule is CC(C)C[C@H](N)C(=O)NCCc1ncn(C)n1. The molecule has 1 aromatic heterocycles. The molecule has 0 unspecified atom stereocenters. The lowest BCUT2D eigenvalue weighted by Gasteiger charge is -2.13. The van der Waals surface area contributed by atoms with Crippen molar-refractivity contribution in [3.63, 3.8) is 0 Å². The summed E-state index contributed by atoms with van der Waals surface area (Å²) in [5.74, 6) is 1.05. The molecule has 17 heavy (non-hydrogen) atoms. The largest absolute Gasteiger partial charge is 0.354 e. The highest BCUT2D eigenvalue weighted by molar-refractivity contribution is 5.81. The van der Waals surface area contributed by atoms with Crippen LogP contribution in [0.5, 0.6) is 0 Å². The summed E-state index contributed by atoms with van der Waals surface area (Å²) in [6.45, 7) is 4.62. The van der Waals surface area contributed by atoms with E-state index in [9.17, 15) is 4.79 Å². The number of nitrogens with two attached hydrogens (primary N) is 1. The van der Waals surface area contributed by atoms with Gasteiger partial charge in [0.25, 0.3) is 0 Å². The molecule has 0 aliphatic carbocycles. The van der Waals surface area contributed by atoms with E-state index in [0.29, 0.717) is 25.3 Å². The number of carbonyl (C=O) groups excluding carboxylic acids is 1. The molecule has 0 aromatic carbocycles. The Labute approximate surface area is 102 Å². The van der Waals surface area contributed by atoms with E-state index in [1.165, 1.54) is 0 Å². The van der Waals surface area contributed by atoms with Gasteiger partial charge in [-0.2, -0.15) is 5.10 Å². The van der Waals surface area contributed by atoms with E-state index in [1.54, 1.807) is 11.0 Å². The maximum absolute atomic E-state index is 11.6. The van der Waals surface area contributed by atoms with Crippen molar-refractivity contribution in [3.05, 3.63) is 12.2 Å². The first-order valence-electron chi connectivity index (χ1n) is 5.87. The molecule has 0 fully saturated rings. The van der Waals surface area contributed by atoms with Crippen LogP contribution < -0.4 is 11.1 Å². The van der Waals surface area contributed by atoms with E-state index in [0.717, 1.165) is 5.82 Å². The van der Waals surface area contributed by atoms with Gasteiger partial charge in [0.2, 0.25) is 5.91 Å². The van der Waals surface area contributed by atoms with Crippen molar-refractivity contribution in [3.8, 4) is 0 Å². The summed E-state index contributed by atoms with van der Waals surface area (Å²) >= 11 is 0. The Morgan fingerprint density at radius 2 is 2.29 bits per heavy atom. The quantitative estimate of drug-likeness (QED) is 0.722. The molecule has 1 aromatic rings. The Morgan fingerprint density at radius 1 is 1.59 bits per heavy atom. The molecule has 1 heterocycles. The number of hydrogen-bond donors (Lipinski definition) is 2. The average Bonchev–Trinajstić information content (AvgIpc) is 2.63. The molecule has 1 amide bonds. The summed E-state index contributed by atoms with van der Waals surface area (Å²) in [5, 5.41) is 6.92. The van der Waals surface area contributed by atoms with E-state index in [4.69, 9.17) is 5.73 Å². The van der Waals surface area contributed by atoms with Crippen molar-refractivity contribution in [2.24, 2.45) is 18.7 Å². The number of nitrogens with one attached hydrogen (secondary N) is 1. The van der Waals surface area contributed by atoms with Crippen LogP contribution in [0.25, 0.3) is 0 Å². The van der Waals surface area contributed by atoms with Gasteiger partial charge in [-0.15, -0.1) is 0 Å². The molecule has 0 saturated carbocycles. The van der Waals surface area contributed by atoms with Crippen LogP contribution in [0.3, 0.4) is 0 Å². The first-order valence-corrected chi connectivity index (χ1v) is 5.87. The summed E-state index contributed by atoms with van der Waals surface area (Å²) in [6.07, 6.45) is 2.97. The van der Waals surface area contributed by atoms with Gasteiger partial charge in [-0.05, 0) is 12.3 Å². The zero-order valence-electron chi connectivity index (χ0n) is 10.7. The van der Waals surface area contributed by atoms with Gasteiger partial charge in [-0.1, -0.05) is 13.8 Å². The number of rotatable bonds is 6. The van der Waals surface area contributed by atoms with E-state index in [-0.39, 0.29) is 5.91 Å². The fourth-order valence-electron chi connectivity index (χ4n) is 1.54. The highest BCUT2D eigenvalue weighted by Crippen LogP contribution is 2.02. The van der Waals surface area contributed by atoms with Crippen molar-refractivity contribution in [1.82, 2.24) is 20.1 Å². The Hall–Kier alpha value is -1.43. The monoisotopic (exact) mass is 239 g/mol. The van der Waals surface area contributed by atoms with E-state index < -0.39 is 6.04 Å². The smallest absolute Gasteiger partial charge is 0.236 e. The van der Waals surface area contributed by atoms with Crippen LogP contribution in [-0.4, -0.2) is 33.3 Å². The lowest BCUT2D eigenvalue weighted by molar-refractivity contribution is -0.122. The van der Waals surface area contributed by atoms with Gasteiger partial charge in [-0.3, -0.25) is 9.48 Å². The highest BCUT2D eigenvalue weighted by atomic mass is 16.2. The molecule has 0 aliphatic heterocycles. The van der Waals surface area contributed by atoms with Crippen LogP contribution >= 0.6 is 0 Å². The van der Waals surface area contributed by atoms with Gasteiger partial charge in [-0.25, -0.2) is 4.98 Å². The normalized spacial score (nSPS) is 12.8. The maximum atomic E-state index is 11.6. The molecule has 0 saturated heterocycles. The molecule has 0 spiro atoms. The minimum Gasteiger partial charge on any atom is -0.354 e. The maximum Gasteiger partial charge on any atom is 0.236 e. The Morgan fingerprint density at radius 3 is 2.82 bits per heavy atom. The van der Waals surface area contributed by atoms with Gasteiger partial charge < -0.3 is 11.1 Å². The molecule has 0 radical (unpaired) electrons. The number of hydrogen-bond acceptors (Lipinski definition) is 4. The third kappa shape index (κ3) is 4.95. The lowest BCUT2D eigenvalue weighted by Crippen LogP contribution is -2.42. The predicted octanol–water partition coefficient (Wildman–Crippen LogP) is -0.153. The van der Waals surface area contributed by atoms with Crippen LogP contribution in [-0.2, 0) is 18.3 Å². The van der Waals surface area contributed by atoms with Gasteiger partial charge >= 0.3 is 0 Å². The Kier molecular flexibility index (Phi) is 5.09. The van der Waals surface area contributed by atoms with Crippen molar-refractivity contribution in [1.29, 1.82) is 0 Å². The highest BCUT2D eigenvalue weighted by Gasteiger charge is 2.14. The Balaban J connectivity index is 2.24. The first-order chi connectivity index (χ1) is 7.99. The molecule has 0 aliphatic rings. The van der Waals surface area contributed by atoms with E-state index >= 15 is 0 Å². The molecule has 1 atom stereocenters. The predicted molar refractivity (Wildman–Crippen MR) is 65.1 cm³/mol. The van der Waals surface area contributed by atoms with E-state index in [2.05, 4.69) is 15.4 Å². The number of carbonyl (C=O) groups is 1. The molecule has 96 valence electrons. The van der Waals surface area contributed by atoms with Crippen LogP contribution in [0.1, 0.15) is 26.1 Å². The van der Waals surface area contributed by atoms with Crippen LogP contribution in [0.15, 0.2) is 6.33 Å². The van der Waals surface area contributed by atoms with Crippen molar-refractivity contribution >= 4 is 5.91 Å². The average molecular weight is 239 g/mol.